The Balaban J connectivity index is 1.12. The summed E-state index contributed by atoms with van der Waals surface area (Å²) < 4.78 is 6.89. The summed E-state index contributed by atoms with van der Waals surface area (Å²) in [7, 11) is 0. The Morgan fingerprint density at radius 1 is 0.386 bits per heavy atom. The molecule has 3 aliphatic heterocycles. The van der Waals surface area contributed by atoms with Crippen molar-refractivity contribution in [2.24, 2.45) is 0 Å². The van der Waals surface area contributed by atoms with Gasteiger partial charge in [0.25, 0.3) is 0 Å². The third-order valence-electron chi connectivity index (χ3n) is 11.9. The number of rotatable bonds is 5. The van der Waals surface area contributed by atoms with Gasteiger partial charge in [0.2, 0.25) is 0 Å². The zero-order valence-electron chi connectivity index (χ0n) is 31.5. The molecule has 0 unspecified atom stereocenters. The normalized spacial score (nSPS) is 14.5. The van der Waals surface area contributed by atoms with Crippen LogP contribution in [0.1, 0.15) is 29.9 Å². The van der Waals surface area contributed by atoms with Crippen molar-refractivity contribution in [1.82, 2.24) is 0 Å². The SMILES string of the molecule is Cc1cc(-c2cc3c4c(c2)N(c2ccccc2)c2ccccc2N4c2ccccc2O3)cc2c1N(c1ccccc1C1CC1)c1ccccc1N2c1ccccc1. The van der Waals surface area contributed by atoms with Crippen LogP contribution in [0.5, 0.6) is 11.5 Å². The zero-order valence-corrected chi connectivity index (χ0v) is 31.5. The van der Waals surface area contributed by atoms with E-state index < -0.39 is 0 Å². The monoisotopic (exact) mass is 734 g/mol. The van der Waals surface area contributed by atoms with Gasteiger partial charge in [0.05, 0.1) is 45.5 Å². The second-order valence-electron chi connectivity index (χ2n) is 15.4. The lowest BCUT2D eigenvalue weighted by atomic mass is 9.93. The molecule has 0 atom stereocenters. The second-order valence-corrected chi connectivity index (χ2v) is 15.4. The molecule has 272 valence electrons. The highest BCUT2D eigenvalue weighted by molar-refractivity contribution is 6.08. The molecule has 12 rings (SSSR count). The number of aryl methyl sites for hydroxylation is 1. The number of nitrogens with zero attached hydrogens (tertiary/aromatic N) is 4. The van der Waals surface area contributed by atoms with Crippen LogP contribution >= 0.6 is 0 Å². The topological polar surface area (TPSA) is 22.2 Å². The first-order valence-corrected chi connectivity index (χ1v) is 19.9. The molecule has 4 aliphatic rings. The summed E-state index contributed by atoms with van der Waals surface area (Å²) in [5.74, 6) is 2.27. The van der Waals surface area contributed by atoms with E-state index in [9.17, 15) is 0 Å². The highest BCUT2D eigenvalue weighted by Gasteiger charge is 2.39. The van der Waals surface area contributed by atoms with Crippen molar-refractivity contribution in [2.45, 2.75) is 25.7 Å². The van der Waals surface area contributed by atoms with Crippen LogP contribution in [-0.4, -0.2) is 0 Å². The maximum Gasteiger partial charge on any atom is 0.154 e. The van der Waals surface area contributed by atoms with Gasteiger partial charge in [0.15, 0.2) is 11.5 Å². The average Bonchev–Trinajstić information content (AvgIpc) is 4.12. The predicted octanol–water partition coefficient (Wildman–Crippen LogP) is 15.2. The Morgan fingerprint density at radius 2 is 0.842 bits per heavy atom. The van der Waals surface area contributed by atoms with E-state index in [1.807, 2.05) is 0 Å². The van der Waals surface area contributed by atoms with Crippen molar-refractivity contribution in [1.29, 1.82) is 0 Å². The van der Waals surface area contributed by atoms with E-state index in [-0.39, 0.29) is 0 Å². The van der Waals surface area contributed by atoms with Gasteiger partial charge in [0.1, 0.15) is 5.69 Å². The fourth-order valence-corrected chi connectivity index (χ4v) is 9.30. The molecule has 8 aromatic carbocycles. The fourth-order valence-electron chi connectivity index (χ4n) is 9.30. The Labute approximate surface area is 332 Å². The maximum absolute atomic E-state index is 6.89. The number of ether oxygens (including phenoxy) is 1. The molecular formula is C52H38N4O. The molecule has 3 heterocycles. The van der Waals surface area contributed by atoms with Crippen molar-refractivity contribution in [3.8, 4) is 22.6 Å². The third kappa shape index (κ3) is 4.88. The summed E-state index contributed by atoms with van der Waals surface area (Å²) in [5.41, 5.74) is 18.4. The minimum Gasteiger partial charge on any atom is -0.453 e. The van der Waals surface area contributed by atoms with Crippen LogP contribution in [0.2, 0.25) is 0 Å². The Morgan fingerprint density at radius 3 is 1.44 bits per heavy atom. The second kappa shape index (κ2) is 12.4. The first-order valence-electron chi connectivity index (χ1n) is 19.9. The highest BCUT2D eigenvalue weighted by Crippen LogP contribution is 2.63. The van der Waals surface area contributed by atoms with Gasteiger partial charge in [0, 0.05) is 17.1 Å². The van der Waals surface area contributed by atoms with Crippen LogP contribution in [0.3, 0.4) is 0 Å². The summed E-state index contributed by atoms with van der Waals surface area (Å²) >= 11 is 0. The van der Waals surface area contributed by atoms with E-state index in [1.54, 1.807) is 0 Å². The molecule has 0 N–H and O–H groups in total. The lowest BCUT2D eigenvalue weighted by molar-refractivity contribution is 0.477. The molecule has 1 aliphatic carbocycles. The van der Waals surface area contributed by atoms with Crippen LogP contribution in [-0.2, 0) is 0 Å². The first-order chi connectivity index (χ1) is 28.2. The van der Waals surface area contributed by atoms with Gasteiger partial charge in [-0.25, -0.2) is 0 Å². The van der Waals surface area contributed by atoms with Crippen molar-refractivity contribution < 1.29 is 4.74 Å². The van der Waals surface area contributed by atoms with Crippen molar-refractivity contribution in [3.05, 3.63) is 193 Å². The molecular weight excluding hydrogens is 697 g/mol. The Bertz CT molecular complexity index is 2880. The van der Waals surface area contributed by atoms with Crippen molar-refractivity contribution in [3.63, 3.8) is 0 Å². The molecule has 8 aromatic rings. The molecule has 5 heteroatoms. The molecule has 0 amide bonds. The summed E-state index contributed by atoms with van der Waals surface area (Å²) in [6.45, 7) is 2.27. The lowest BCUT2D eigenvalue weighted by Crippen LogP contribution is -2.26. The van der Waals surface area contributed by atoms with E-state index in [0.717, 1.165) is 73.8 Å². The van der Waals surface area contributed by atoms with E-state index in [4.69, 9.17) is 4.74 Å². The number of anilines is 12. The summed E-state index contributed by atoms with van der Waals surface area (Å²) in [4.78, 5) is 9.74. The van der Waals surface area contributed by atoms with Gasteiger partial charge in [-0.3, -0.25) is 4.90 Å². The molecule has 0 saturated heterocycles. The predicted molar refractivity (Wildman–Crippen MR) is 235 cm³/mol. The van der Waals surface area contributed by atoms with Gasteiger partial charge in [-0.2, -0.15) is 0 Å². The van der Waals surface area contributed by atoms with Gasteiger partial charge < -0.3 is 19.4 Å². The maximum atomic E-state index is 6.89. The van der Waals surface area contributed by atoms with Crippen molar-refractivity contribution in [2.75, 3.05) is 19.6 Å². The number of benzene rings is 8. The highest BCUT2D eigenvalue weighted by atomic mass is 16.5. The molecule has 1 saturated carbocycles. The summed E-state index contributed by atoms with van der Waals surface area (Å²) in [6.07, 6.45) is 2.48. The zero-order chi connectivity index (χ0) is 37.6. The molecule has 0 bridgehead atoms. The minimum absolute atomic E-state index is 0.596. The lowest BCUT2D eigenvalue weighted by Gasteiger charge is -2.43. The molecule has 0 aromatic heterocycles. The Kier molecular flexibility index (Phi) is 6.96. The fraction of sp³-hybridized carbons (Fsp3) is 0.0769. The van der Waals surface area contributed by atoms with E-state index in [1.165, 1.54) is 41.0 Å². The van der Waals surface area contributed by atoms with Crippen LogP contribution in [0.4, 0.5) is 68.2 Å². The largest absolute Gasteiger partial charge is 0.453 e. The number of para-hydroxylation sites is 9. The molecule has 5 nitrogen and oxygen atoms in total. The van der Waals surface area contributed by atoms with Crippen LogP contribution < -0.4 is 24.3 Å². The van der Waals surface area contributed by atoms with E-state index in [0.29, 0.717) is 5.92 Å². The standard InChI is InChI=1S/C52H38N4O/c1-34-30-36(31-47-51(34)55(41-21-9-8-20-40(41)35-28-29-35)44-24-12-10-22-42(44)53(47)38-16-4-2-5-17-38)37-32-48-52-50(33-37)57-49-27-15-14-26-46(49)56(52)45-25-13-11-23-43(45)54(48)39-18-6-3-7-19-39/h2-27,30-33,35H,28-29H2,1H3. The quantitative estimate of drug-likeness (QED) is 0.175. The minimum atomic E-state index is 0.596. The average molecular weight is 735 g/mol. The smallest absolute Gasteiger partial charge is 0.154 e. The van der Waals surface area contributed by atoms with Gasteiger partial charge in [-0.05, 0) is 139 Å². The Hall–Kier alpha value is -7.24. The van der Waals surface area contributed by atoms with Gasteiger partial charge in [-0.1, -0.05) is 91.0 Å². The number of hydrogen-bond acceptors (Lipinski definition) is 5. The number of hydrogen-bond donors (Lipinski definition) is 0. The summed E-state index contributed by atoms with van der Waals surface area (Å²) in [5, 5.41) is 0. The number of fused-ring (bicyclic) bond motifs is 6. The van der Waals surface area contributed by atoms with Crippen LogP contribution in [0.25, 0.3) is 11.1 Å². The van der Waals surface area contributed by atoms with Gasteiger partial charge >= 0.3 is 0 Å². The van der Waals surface area contributed by atoms with Crippen LogP contribution in [0, 0.1) is 6.92 Å². The third-order valence-corrected chi connectivity index (χ3v) is 11.9. The molecule has 0 spiro atoms. The molecule has 0 radical (unpaired) electrons. The molecule has 57 heavy (non-hydrogen) atoms. The first kappa shape index (κ1) is 32.0. The van der Waals surface area contributed by atoms with Crippen molar-refractivity contribution >= 4 is 68.2 Å². The van der Waals surface area contributed by atoms with E-state index in [2.05, 4.69) is 209 Å². The summed E-state index contributed by atoms with van der Waals surface area (Å²) in [6, 6.07) is 65.8. The van der Waals surface area contributed by atoms with Crippen LogP contribution in [0.15, 0.2) is 182 Å². The molecule has 1 fully saturated rings. The van der Waals surface area contributed by atoms with Gasteiger partial charge in [-0.15, -0.1) is 0 Å². The van der Waals surface area contributed by atoms with E-state index >= 15 is 0 Å².